The van der Waals surface area contributed by atoms with Crippen molar-refractivity contribution in [3.05, 3.63) is 12.7 Å². The largest absolute Gasteiger partial charge is 0.311 e. The smallest absolute Gasteiger partial charge is 0.0429 e. The van der Waals surface area contributed by atoms with Crippen molar-refractivity contribution in [2.75, 3.05) is 13.6 Å². The second kappa shape index (κ2) is 2.61. The summed E-state index contributed by atoms with van der Waals surface area (Å²) in [6.07, 6.45) is 4.76. The summed E-state index contributed by atoms with van der Waals surface area (Å²) in [6, 6.07) is 1.99. The molecule has 2 bridgehead atoms. The Morgan fingerprint density at radius 3 is 2.73 bits per heavy atom. The van der Waals surface area contributed by atoms with Crippen molar-refractivity contribution in [1.29, 1.82) is 0 Å². The first-order valence-corrected chi connectivity index (χ1v) is 4.41. The molecule has 2 heteroatoms. The highest BCUT2D eigenvalue weighted by Crippen LogP contribution is 2.26. The Kier molecular flexibility index (Phi) is 1.74. The summed E-state index contributed by atoms with van der Waals surface area (Å²) in [7, 11) is 2.21. The Balaban J connectivity index is 2.16. The van der Waals surface area contributed by atoms with E-state index in [9.17, 15) is 0 Å². The molecule has 2 nitrogen and oxygen atoms in total. The van der Waals surface area contributed by atoms with Gasteiger partial charge in [0.05, 0.1) is 0 Å². The third-order valence-electron chi connectivity index (χ3n) is 3.13. The maximum Gasteiger partial charge on any atom is 0.0429 e. The van der Waals surface area contributed by atoms with Crippen molar-refractivity contribution in [3.63, 3.8) is 0 Å². The van der Waals surface area contributed by atoms with E-state index in [-0.39, 0.29) is 0 Å². The van der Waals surface area contributed by atoms with Gasteiger partial charge in [-0.3, -0.25) is 4.90 Å². The highest BCUT2D eigenvalue weighted by atomic mass is 15.3. The van der Waals surface area contributed by atoms with Crippen LogP contribution in [0.2, 0.25) is 0 Å². The molecule has 0 radical (unpaired) electrons. The molecule has 0 unspecified atom stereocenters. The van der Waals surface area contributed by atoms with Crippen LogP contribution in [0.4, 0.5) is 0 Å². The summed E-state index contributed by atoms with van der Waals surface area (Å²) in [5.74, 6) is 0. The minimum Gasteiger partial charge on any atom is -0.311 e. The molecule has 3 atom stereocenters. The SMILES string of the molecule is C=C[C@@H]1[C@@H]2CC[C@@H](CN2)N1C. The van der Waals surface area contributed by atoms with Gasteiger partial charge in [-0.05, 0) is 19.9 Å². The van der Waals surface area contributed by atoms with Crippen LogP contribution >= 0.6 is 0 Å². The fourth-order valence-electron chi connectivity index (χ4n) is 2.36. The number of hydrogen-bond donors (Lipinski definition) is 1. The molecule has 62 valence electrons. The van der Waals surface area contributed by atoms with Gasteiger partial charge in [0.2, 0.25) is 0 Å². The Labute approximate surface area is 68.3 Å². The number of likely N-dealkylation sites (N-methyl/N-ethyl adjacent to an activating group) is 1. The first-order chi connectivity index (χ1) is 5.33. The predicted octanol–water partition coefficient (Wildman–Crippen LogP) is 0.607. The molecule has 3 rings (SSSR count). The van der Waals surface area contributed by atoms with Gasteiger partial charge in [0, 0.05) is 24.7 Å². The van der Waals surface area contributed by atoms with Crippen LogP contribution in [0, 0.1) is 0 Å². The summed E-state index contributed by atoms with van der Waals surface area (Å²) in [4.78, 5) is 2.46. The van der Waals surface area contributed by atoms with Crippen LogP contribution in [0.3, 0.4) is 0 Å². The standard InChI is InChI=1S/C9H16N2/c1-3-9-8-5-4-7(6-10-8)11(9)2/h3,7-10H,1,4-6H2,2H3/t7-,8-,9+/m0/s1. The lowest BCUT2D eigenvalue weighted by Crippen LogP contribution is -2.64. The number of nitrogens with zero attached hydrogens (tertiary/aromatic N) is 1. The molecule has 3 heterocycles. The molecule has 11 heavy (non-hydrogen) atoms. The van der Waals surface area contributed by atoms with E-state index < -0.39 is 0 Å². The van der Waals surface area contributed by atoms with E-state index in [0.717, 1.165) is 6.04 Å². The molecule has 0 spiro atoms. The number of hydrogen-bond acceptors (Lipinski definition) is 2. The first kappa shape index (κ1) is 7.32. The zero-order valence-corrected chi connectivity index (χ0v) is 7.09. The molecule has 0 aromatic carbocycles. The minimum absolute atomic E-state index is 0.572. The first-order valence-electron chi connectivity index (χ1n) is 4.41. The number of rotatable bonds is 1. The molecule has 0 aliphatic carbocycles. The lowest BCUT2D eigenvalue weighted by molar-refractivity contribution is 0.0621. The fraction of sp³-hybridized carbons (Fsp3) is 0.778. The van der Waals surface area contributed by atoms with Gasteiger partial charge < -0.3 is 5.32 Å². The molecule has 3 fully saturated rings. The Hall–Kier alpha value is -0.340. The second-order valence-corrected chi connectivity index (χ2v) is 3.64. The number of piperazine rings is 1. The molecule has 0 aromatic heterocycles. The average molecular weight is 152 g/mol. The van der Waals surface area contributed by atoms with Crippen molar-refractivity contribution in [3.8, 4) is 0 Å². The van der Waals surface area contributed by atoms with Gasteiger partial charge in [0.1, 0.15) is 0 Å². The van der Waals surface area contributed by atoms with Gasteiger partial charge in [0.25, 0.3) is 0 Å². The van der Waals surface area contributed by atoms with E-state index in [0.29, 0.717) is 12.1 Å². The molecule has 0 amide bonds. The quantitative estimate of drug-likeness (QED) is 0.554. The lowest BCUT2D eigenvalue weighted by Gasteiger charge is -2.49. The summed E-state index contributed by atoms with van der Waals surface area (Å²) in [5, 5.41) is 3.54. The van der Waals surface area contributed by atoms with Crippen LogP contribution in [-0.4, -0.2) is 36.6 Å². The summed E-state index contributed by atoms with van der Waals surface area (Å²) in [6.45, 7) is 5.04. The third-order valence-corrected chi connectivity index (χ3v) is 3.13. The van der Waals surface area contributed by atoms with Crippen LogP contribution in [0.1, 0.15) is 12.8 Å². The van der Waals surface area contributed by atoms with Gasteiger partial charge in [-0.2, -0.15) is 0 Å². The Bertz CT molecular complexity index is 157. The monoisotopic (exact) mass is 152 g/mol. The van der Waals surface area contributed by atoms with Crippen molar-refractivity contribution in [2.24, 2.45) is 0 Å². The van der Waals surface area contributed by atoms with Crippen LogP contribution in [0.25, 0.3) is 0 Å². The molecule has 1 N–H and O–H groups in total. The topological polar surface area (TPSA) is 15.3 Å². The van der Waals surface area contributed by atoms with Gasteiger partial charge in [-0.25, -0.2) is 0 Å². The molecule has 3 aliphatic heterocycles. The summed E-state index contributed by atoms with van der Waals surface area (Å²) < 4.78 is 0. The zero-order valence-electron chi connectivity index (χ0n) is 7.09. The third kappa shape index (κ3) is 1.01. The molecule has 0 saturated carbocycles. The Morgan fingerprint density at radius 2 is 2.36 bits per heavy atom. The molecular weight excluding hydrogens is 136 g/mol. The van der Waals surface area contributed by atoms with E-state index in [4.69, 9.17) is 0 Å². The highest BCUT2D eigenvalue weighted by molar-refractivity contribution is 5.05. The molecular formula is C9H16N2. The second-order valence-electron chi connectivity index (χ2n) is 3.64. The van der Waals surface area contributed by atoms with Crippen LogP contribution in [-0.2, 0) is 0 Å². The van der Waals surface area contributed by atoms with Crippen LogP contribution in [0.5, 0.6) is 0 Å². The molecule has 0 aromatic rings. The van der Waals surface area contributed by atoms with E-state index in [1.165, 1.54) is 19.4 Å². The predicted molar refractivity (Wildman–Crippen MR) is 46.6 cm³/mol. The summed E-state index contributed by atoms with van der Waals surface area (Å²) >= 11 is 0. The van der Waals surface area contributed by atoms with E-state index in [2.05, 4.69) is 29.9 Å². The van der Waals surface area contributed by atoms with Gasteiger partial charge in [-0.1, -0.05) is 6.08 Å². The number of piperidine rings is 2. The van der Waals surface area contributed by atoms with Crippen molar-refractivity contribution in [2.45, 2.75) is 31.0 Å². The molecule has 3 saturated heterocycles. The van der Waals surface area contributed by atoms with E-state index in [1.54, 1.807) is 0 Å². The van der Waals surface area contributed by atoms with Gasteiger partial charge >= 0.3 is 0 Å². The fourth-order valence-corrected chi connectivity index (χ4v) is 2.36. The lowest BCUT2D eigenvalue weighted by atomic mass is 9.87. The van der Waals surface area contributed by atoms with Crippen molar-refractivity contribution in [1.82, 2.24) is 10.2 Å². The van der Waals surface area contributed by atoms with Crippen molar-refractivity contribution < 1.29 is 0 Å². The van der Waals surface area contributed by atoms with Crippen molar-refractivity contribution >= 4 is 0 Å². The number of nitrogens with one attached hydrogen (secondary N) is 1. The van der Waals surface area contributed by atoms with E-state index >= 15 is 0 Å². The number of fused-ring (bicyclic) bond motifs is 3. The zero-order chi connectivity index (χ0) is 7.84. The van der Waals surface area contributed by atoms with Gasteiger partial charge in [-0.15, -0.1) is 6.58 Å². The average Bonchev–Trinajstić information content (AvgIpc) is 2.06. The normalized spacial score (nSPS) is 44.3. The van der Waals surface area contributed by atoms with Crippen LogP contribution < -0.4 is 5.32 Å². The minimum atomic E-state index is 0.572. The van der Waals surface area contributed by atoms with Crippen LogP contribution in [0.15, 0.2) is 12.7 Å². The Morgan fingerprint density at radius 1 is 1.55 bits per heavy atom. The maximum absolute atomic E-state index is 3.87. The van der Waals surface area contributed by atoms with E-state index in [1.807, 2.05) is 0 Å². The van der Waals surface area contributed by atoms with Gasteiger partial charge in [0.15, 0.2) is 0 Å². The maximum atomic E-state index is 3.87. The highest BCUT2D eigenvalue weighted by Gasteiger charge is 2.37. The molecule has 3 aliphatic rings. The summed E-state index contributed by atoms with van der Waals surface area (Å²) in [5.41, 5.74) is 0.